The largest absolute Gasteiger partial charge is 0.482 e. The Labute approximate surface area is 169 Å². The second-order valence-corrected chi connectivity index (χ2v) is 7.91. The lowest BCUT2D eigenvalue weighted by atomic mass is 9.94. The van der Waals surface area contributed by atoms with Crippen LogP contribution >= 0.6 is 0 Å². The lowest BCUT2D eigenvalue weighted by Crippen LogP contribution is -2.58. The van der Waals surface area contributed by atoms with Crippen molar-refractivity contribution < 1.29 is 19.1 Å². The van der Waals surface area contributed by atoms with Crippen molar-refractivity contribution in [1.82, 2.24) is 0 Å². The number of para-hydroxylation sites is 2. The molecule has 7 heteroatoms. The third kappa shape index (κ3) is 3.03. The Hall–Kier alpha value is -3.35. The van der Waals surface area contributed by atoms with Gasteiger partial charge < -0.3 is 15.0 Å². The number of amides is 2. The molecule has 1 N–H and O–H groups in total. The number of ketones is 1. The fourth-order valence-corrected chi connectivity index (χ4v) is 3.76. The molecule has 0 spiro atoms. The zero-order valence-electron chi connectivity index (χ0n) is 16.9. The van der Waals surface area contributed by atoms with Crippen LogP contribution in [0.15, 0.2) is 42.5 Å². The van der Waals surface area contributed by atoms with Gasteiger partial charge in [-0.3, -0.25) is 19.3 Å². The van der Waals surface area contributed by atoms with Gasteiger partial charge in [0.1, 0.15) is 11.3 Å². The van der Waals surface area contributed by atoms with Gasteiger partial charge in [-0.25, -0.2) is 0 Å². The zero-order chi connectivity index (χ0) is 20.9. The number of Topliss-reactive ketones (excluding diaryl/α,β-unsaturated/α-hetero) is 1. The molecular weight excluding hydrogens is 370 g/mol. The molecule has 150 valence electrons. The number of ether oxygens (including phenoxy) is 1. The van der Waals surface area contributed by atoms with Gasteiger partial charge in [0.15, 0.2) is 12.4 Å². The normalized spacial score (nSPS) is 18.3. The number of likely N-dealkylation sites (N-methyl/N-ethyl adjacent to an activating group) is 1. The first kappa shape index (κ1) is 19.0. The number of nitrogens with zero attached hydrogens (tertiary/aromatic N) is 2. The van der Waals surface area contributed by atoms with Crippen LogP contribution in [0, 0.1) is 0 Å². The number of hydrogen-bond donors (Lipinski definition) is 1. The third-order valence-electron chi connectivity index (χ3n) is 5.46. The molecule has 2 aliphatic rings. The Bertz CT molecular complexity index is 1030. The van der Waals surface area contributed by atoms with Gasteiger partial charge in [-0.2, -0.15) is 0 Å². The Morgan fingerprint density at radius 1 is 1.14 bits per heavy atom. The molecule has 1 atom stereocenters. The van der Waals surface area contributed by atoms with E-state index in [1.165, 1.54) is 4.90 Å². The van der Waals surface area contributed by atoms with Crippen molar-refractivity contribution in [2.45, 2.75) is 32.4 Å². The highest BCUT2D eigenvalue weighted by molar-refractivity contribution is 6.14. The van der Waals surface area contributed by atoms with Crippen molar-refractivity contribution in [3.8, 4) is 5.75 Å². The number of rotatable bonds is 3. The first-order valence-electron chi connectivity index (χ1n) is 9.49. The van der Waals surface area contributed by atoms with Crippen LogP contribution < -0.4 is 19.9 Å². The summed E-state index contributed by atoms with van der Waals surface area (Å²) < 4.78 is 5.43. The van der Waals surface area contributed by atoms with Crippen LogP contribution in [-0.4, -0.2) is 42.8 Å². The molecule has 0 fully saturated rings. The Morgan fingerprint density at radius 3 is 2.62 bits per heavy atom. The molecule has 2 aromatic carbocycles. The van der Waals surface area contributed by atoms with E-state index in [0.29, 0.717) is 22.7 Å². The number of nitrogens with one attached hydrogen (secondary N) is 1. The number of carbonyl (C=O) groups is 3. The molecule has 0 aliphatic carbocycles. The highest BCUT2D eigenvalue weighted by Crippen LogP contribution is 2.37. The summed E-state index contributed by atoms with van der Waals surface area (Å²) in [6, 6.07) is 11.7. The minimum atomic E-state index is -0.834. The summed E-state index contributed by atoms with van der Waals surface area (Å²) in [5, 5.41) is 3.24. The van der Waals surface area contributed by atoms with E-state index < -0.39 is 11.6 Å². The highest BCUT2D eigenvalue weighted by atomic mass is 16.5. The first-order chi connectivity index (χ1) is 13.7. The van der Waals surface area contributed by atoms with E-state index in [-0.39, 0.29) is 24.2 Å². The van der Waals surface area contributed by atoms with Gasteiger partial charge in [-0.05, 0) is 51.1 Å². The monoisotopic (exact) mass is 393 g/mol. The number of benzene rings is 2. The summed E-state index contributed by atoms with van der Waals surface area (Å²) in [6.45, 7) is 5.30. The van der Waals surface area contributed by atoms with E-state index in [2.05, 4.69) is 5.32 Å². The summed E-state index contributed by atoms with van der Waals surface area (Å²) in [7, 11) is 1.65. The molecule has 0 saturated heterocycles. The van der Waals surface area contributed by atoms with Gasteiger partial charge in [0.05, 0.1) is 23.1 Å². The van der Waals surface area contributed by atoms with Crippen LogP contribution in [-0.2, 0) is 9.59 Å². The van der Waals surface area contributed by atoms with E-state index in [0.717, 1.165) is 5.69 Å². The fourth-order valence-electron chi connectivity index (χ4n) is 3.76. The predicted octanol–water partition coefficient (Wildman–Crippen LogP) is 2.85. The number of anilines is 3. The van der Waals surface area contributed by atoms with Crippen molar-refractivity contribution in [3.63, 3.8) is 0 Å². The van der Waals surface area contributed by atoms with Crippen molar-refractivity contribution >= 4 is 34.7 Å². The molecule has 0 saturated carbocycles. The van der Waals surface area contributed by atoms with Gasteiger partial charge in [0.2, 0.25) is 0 Å². The average molecular weight is 393 g/mol. The fraction of sp³-hybridized carbons (Fsp3) is 0.318. The van der Waals surface area contributed by atoms with Crippen LogP contribution in [0.5, 0.6) is 5.75 Å². The maximum Gasteiger partial charge on any atom is 0.264 e. The van der Waals surface area contributed by atoms with Gasteiger partial charge >= 0.3 is 0 Å². The van der Waals surface area contributed by atoms with Crippen molar-refractivity contribution in [3.05, 3.63) is 48.0 Å². The molecule has 7 nitrogen and oxygen atoms in total. The molecular formula is C22H23N3O4. The summed E-state index contributed by atoms with van der Waals surface area (Å²) >= 11 is 0. The average Bonchev–Trinajstić information content (AvgIpc) is 2.70. The summed E-state index contributed by atoms with van der Waals surface area (Å²) in [6.07, 6.45) is 0. The molecule has 29 heavy (non-hydrogen) atoms. The second kappa shape index (κ2) is 6.62. The van der Waals surface area contributed by atoms with Crippen molar-refractivity contribution in [2.24, 2.45) is 0 Å². The van der Waals surface area contributed by atoms with Crippen LogP contribution in [0.1, 0.15) is 31.1 Å². The first-order valence-corrected chi connectivity index (χ1v) is 9.49. The molecule has 4 rings (SSSR count). The molecule has 0 bridgehead atoms. The number of hydrogen-bond acceptors (Lipinski definition) is 5. The minimum Gasteiger partial charge on any atom is -0.482 e. The Kier molecular flexibility index (Phi) is 4.33. The quantitative estimate of drug-likeness (QED) is 0.812. The second-order valence-electron chi connectivity index (χ2n) is 7.91. The van der Waals surface area contributed by atoms with E-state index in [4.69, 9.17) is 4.74 Å². The standard InChI is InChI=1S/C22H23N3O4/c1-13(25-16-8-6-5-7-15(16)23-22(2,3)21(25)28)20(27)14-9-10-18-17(11-14)24(4)19(26)12-29-18/h5-11,13,23H,12H2,1-4H3. The molecule has 1 unspecified atom stereocenters. The molecule has 2 aromatic rings. The smallest absolute Gasteiger partial charge is 0.264 e. The van der Waals surface area contributed by atoms with Crippen LogP contribution in [0.25, 0.3) is 0 Å². The lowest BCUT2D eigenvalue weighted by molar-refractivity contribution is -0.122. The molecule has 2 aliphatic heterocycles. The van der Waals surface area contributed by atoms with Crippen LogP contribution in [0.2, 0.25) is 0 Å². The number of carbonyl (C=O) groups excluding carboxylic acids is 3. The maximum absolute atomic E-state index is 13.3. The SMILES string of the molecule is CC(C(=O)c1ccc2c(c1)N(C)C(=O)CO2)N1C(=O)C(C)(C)Nc2ccccc21. The summed E-state index contributed by atoms with van der Waals surface area (Å²) in [4.78, 5) is 41.4. The van der Waals surface area contributed by atoms with E-state index in [1.54, 1.807) is 50.9 Å². The zero-order valence-corrected chi connectivity index (χ0v) is 16.9. The van der Waals surface area contributed by atoms with Crippen LogP contribution in [0.4, 0.5) is 17.1 Å². The Morgan fingerprint density at radius 2 is 1.86 bits per heavy atom. The van der Waals surface area contributed by atoms with Gasteiger partial charge in [0.25, 0.3) is 11.8 Å². The van der Waals surface area contributed by atoms with E-state index >= 15 is 0 Å². The van der Waals surface area contributed by atoms with E-state index in [9.17, 15) is 14.4 Å². The summed E-state index contributed by atoms with van der Waals surface area (Å²) in [5.74, 6) is -0.00477. The van der Waals surface area contributed by atoms with Gasteiger partial charge in [0, 0.05) is 12.6 Å². The highest BCUT2D eigenvalue weighted by Gasteiger charge is 2.42. The van der Waals surface area contributed by atoms with Gasteiger partial charge in [-0.1, -0.05) is 12.1 Å². The maximum atomic E-state index is 13.3. The molecule has 2 heterocycles. The topological polar surface area (TPSA) is 79.0 Å². The van der Waals surface area contributed by atoms with Crippen molar-refractivity contribution in [2.75, 3.05) is 28.8 Å². The van der Waals surface area contributed by atoms with Crippen LogP contribution in [0.3, 0.4) is 0 Å². The lowest BCUT2D eigenvalue weighted by Gasteiger charge is -2.42. The molecule has 2 amide bonds. The van der Waals surface area contributed by atoms with Crippen molar-refractivity contribution in [1.29, 1.82) is 0 Å². The molecule has 0 aromatic heterocycles. The van der Waals surface area contributed by atoms with Gasteiger partial charge in [-0.15, -0.1) is 0 Å². The predicted molar refractivity (Wildman–Crippen MR) is 111 cm³/mol. The number of fused-ring (bicyclic) bond motifs is 2. The minimum absolute atomic E-state index is 0.0195. The molecule has 0 radical (unpaired) electrons. The third-order valence-corrected chi connectivity index (χ3v) is 5.46. The summed E-state index contributed by atoms with van der Waals surface area (Å²) in [5.41, 5.74) is 1.61. The van der Waals surface area contributed by atoms with E-state index in [1.807, 2.05) is 24.3 Å². The Balaban J connectivity index is 1.71.